The highest BCUT2D eigenvalue weighted by molar-refractivity contribution is 5.71. The molecule has 0 aliphatic rings. The lowest BCUT2D eigenvalue weighted by Crippen LogP contribution is -2.30. The van der Waals surface area contributed by atoms with Crippen molar-refractivity contribution in [2.45, 2.75) is 271 Å². The molecule has 1 atom stereocenters. The van der Waals surface area contributed by atoms with Crippen molar-refractivity contribution in [1.29, 1.82) is 0 Å². The van der Waals surface area contributed by atoms with E-state index in [-0.39, 0.29) is 31.1 Å². The van der Waals surface area contributed by atoms with Gasteiger partial charge in [0.2, 0.25) is 0 Å². The van der Waals surface area contributed by atoms with E-state index in [2.05, 4.69) is 93.7 Å². The minimum atomic E-state index is -0.791. The Morgan fingerprint density at radius 2 is 0.600 bits per heavy atom. The Balaban J connectivity index is 4.43. The summed E-state index contributed by atoms with van der Waals surface area (Å²) in [5, 5.41) is 0. The first-order valence-corrected chi connectivity index (χ1v) is 27.4. The van der Waals surface area contributed by atoms with Gasteiger partial charge in [-0.3, -0.25) is 14.4 Å². The van der Waals surface area contributed by atoms with Gasteiger partial charge in [-0.2, -0.15) is 0 Å². The molecular weight excluding hydrogens is 805 g/mol. The number of hydrogen-bond donors (Lipinski definition) is 0. The van der Waals surface area contributed by atoms with Crippen LogP contribution in [0.4, 0.5) is 0 Å². The van der Waals surface area contributed by atoms with Gasteiger partial charge in [0.25, 0.3) is 0 Å². The third-order valence-corrected chi connectivity index (χ3v) is 11.7. The lowest BCUT2D eigenvalue weighted by atomic mass is 10.0. The molecule has 0 aromatic rings. The second-order valence-corrected chi connectivity index (χ2v) is 18.1. The monoisotopic (exact) mass is 907 g/mol. The zero-order valence-electron chi connectivity index (χ0n) is 42.7. The van der Waals surface area contributed by atoms with Crippen molar-refractivity contribution in [3.63, 3.8) is 0 Å². The molecule has 0 bridgehead atoms. The number of unbranched alkanes of at least 4 members (excludes halogenated alkanes) is 26. The number of ether oxygens (including phenoxy) is 3. The van der Waals surface area contributed by atoms with E-state index in [4.69, 9.17) is 14.2 Å². The molecule has 0 aliphatic carbocycles. The molecule has 0 heterocycles. The predicted octanol–water partition coefficient (Wildman–Crippen LogP) is 18.2. The van der Waals surface area contributed by atoms with Crippen LogP contribution in [-0.2, 0) is 28.6 Å². The third kappa shape index (κ3) is 51.7. The molecule has 65 heavy (non-hydrogen) atoms. The molecule has 0 aromatic carbocycles. The minimum Gasteiger partial charge on any atom is -0.462 e. The molecule has 0 aliphatic heterocycles. The molecular formula is C59H102O6. The van der Waals surface area contributed by atoms with Crippen LogP contribution in [0.2, 0.25) is 0 Å². The summed E-state index contributed by atoms with van der Waals surface area (Å²) in [6.07, 6.45) is 67.4. The molecule has 6 nitrogen and oxygen atoms in total. The molecule has 0 aromatic heterocycles. The zero-order valence-corrected chi connectivity index (χ0v) is 42.7. The fourth-order valence-corrected chi connectivity index (χ4v) is 7.58. The molecule has 0 spiro atoms. The van der Waals surface area contributed by atoms with E-state index >= 15 is 0 Å². The summed E-state index contributed by atoms with van der Waals surface area (Å²) in [5.41, 5.74) is 0. The summed E-state index contributed by atoms with van der Waals surface area (Å²) in [4.78, 5) is 38.1. The first-order valence-electron chi connectivity index (χ1n) is 27.4. The Bertz CT molecular complexity index is 1230. The largest absolute Gasteiger partial charge is 0.462 e. The van der Waals surface area contributed by atoms with Crippen molar-refractivity contribution < 1.29 is 28.6 Å². The number of allylic oxidation sites excluding steroid dienone is 12. The molecule has 0 fully saturated rings. The Morgan fingerprint density at radius 1 is 0.323 bits per heavy atom. The Morgan fingerprint density at radius 3 is 0.969 bits per heavy atom. The van der Waals surface area contributed by atoms with Crippen LogP contribution in [0.3, 0.4) is 0 Å². The second-order valence-electron chi connectivity index (χ2n) is 18.1. The molecule has 0 amide bonds. The molecule has 374 valence electrons. The summed E-state index contributed by atoms with van der Waals surface area (Å²) < 4.78 is 16.8. The van der Waals surface area contributed by atoms with Crippen molar-refractivity contribution in [3.8, 4) is 0 Å². The third-order valence-electron chi connectivity index (χ3n) is 11.7. The van der Waals surface area contributed by atoms with E-state index in [1.165, 1.54) is 116 Å². The van der Waals surface area contributed by atoms with Crippen LogP contribution in [-0.4, -0.2) is 37.2 Å². The number of rotatable bonds is 49. The lowest BCUT2D eigenvalue weighted by Gasteiger charge is -2.18. The highest BCUT2D eigenvalue weighted by Crippen LogP contribution is 2.15. The first kappa shape index (κ1) is 61.9. The highest BCUT2D eigenvalue weighted by Gasteiger charge is 2.19. The van der Waals surface area contributed by atoms with Gasteiger partial charge in [0.15, 0.2) is 6.10 Å². The zero-order chi connectivity index (χ0) is 47.2. The van der Waals surface area contributed by atoms with E-state index < -0.39 is 6.10 Å². The van der Waals surface area contributed by atoms with E-state index in [0.29, 0.717) is 19.3 Å². The minimum absolute atomic E-state index is 0.0873. The average Bonchev–Trinajstić information content (AvgIpc) is 3.30. The summed E-state index contributed by atoms with van der Waals surface area (Å²) in [6, 6.07) is 0. The van der Waals surface area contributed by atoms with Crippen LogP contribution in [0.1, 0.15) is 265 Å². The number of carbonyl (C=O) groups excluding carboxylic acids is 3. The average molecular weight is 907 g/mol. The fraction of sp³-hybridized carbons (Fsp3) is 0.746. The van der Waals surface area contributed by atoms with Crippen molar-refractivity contribution in [2.24, 2.45) is 0 Å². The Hall–Kier alpha value is -3.15. The topological polar surface area (TPSA) is 78.9 Å². The summed E-state index contributed by atoms with van der Waals surface area (Å²) >= 11 is 0. The van der Waals surface area contributed by atoms with Gasteiger partial charge >= 0.3 is 17.9 Å². The summed E-state index contributed by atoms with van der Waals surface area (Å²) in [7, 11) is 0. The predicted molar refractivity (Wildman–Crippen MR) is 279 cm³/mol. The summed E-state index contributed by atoms with van der Waals surface area (Å²) in [5.74, 6) is -0.923. The second kappa shape index (κ2) is 53.5. The quantitative estimate of drug-likeness (QED) is 0.0262. The van der Waals surface area contributed by atoms with E-state index in [0.717, 1.165) is 109 Å². The first-order chi connectivity index (χ1) is 32.0. The molecule has 0 saturated carbocycles. The number of carbonyl (C=O) groups is 3. The maximum Gasteiger partial charge on any atom is 0.306 e. The normalized spacial score (nSPS) is 12.6. The lowest BCUT2D eigenvalue weighted by molar-refractivity contribution is -0.167. The SMILES string of the molecule is CC/C=C\C/C=C\C/C=C\C/C=C\C/C=C\CCCCCC(=O)OCC(COC(=O)CCCCCCCCCCCCCCCC)OC(=O)CCCCCCC/C=C\CCCCCCC. The van der Waals surface area contributed by atoms with Crippen LogP contribution < -0.4 is 0 Å². The van der Waals surface area contributed by atoms with Crippen molar-refractivity contribution >= 4 is 17.9 Å². The molecule has 0 N–H and O–H groups in total. The van der Waals surface area contributed by atoms with Crippen LogP contribution in [0.25, 0.3) is 0 Å². The van der Waals surface area contributed by atoms with Crippen LogP contribution in [0, 0.1) is 0 Å². The maximum absolute atomic E-state index is 12.8. The van der Waals surface area contributed by atoms with Gasteiger partial charge < -0.3 is 14.2 Å². The van der Waals surface area contributed by atoms with E-state index in [1.807, 2.05) is 0 Å². The van der Waals surface area contributed by atoms with Crippen molar-refractivity contribution in [3.05, 3.63) is 72.9 Å². The van der Waals surface area contributed by atoms with Crippen molar-refractivity contribution in [1.82, 2.24) is 0 Å². The summed E-state index contributed by atoms with van der Waals surface area (Å²) in [6.45, 7) is 6.49. The van der Waals surface area contributed by atoms with Gasteiger partial charge in [-0.25, -0.2) is 0 Å². The van der Waals surface area contributed by atoms with Crippen LogP contribution in [0.5, 0.6) is 0 Å². The molecule has 0 radical (unpaired) electrons. The van der Waals surface area contributed by atoms with Gasteiger partial charge in [-0.05, 0) is 89.9 Å². The van der Waals surface area contributed by atoms with Crippen LogP contribution in [0.15, 0.2) is 72.9 Å². The van der Waals surface area contributed by atoms with E-state index in [9.17, 15) is 14.4 Å². The maximum atomic E-state index is 12.8. The van der Waals surface area contributed by atoms with Gasteiger partial charge in [0, 0.05) is 19.3 Å². The van der Waals surface area contributed by atoms with Gasteiger partial charge in [-0.1, -0.05) is 229 Å². The molecule has 6 heteroatoms. The molecule has 1 unspecified atom stereocenters. The number of hydrogen-bond acceptors (Lipinski definition) is 6. The van der Waals surface area contributed by atoms with Gasteiger partial charge in [0.05, 0.1) is 0 Å². The van der Waals surface area contributed by atoms with Gasteiger partial charge in [0.1, 0.15) is 13.2 Å². The Kier molecular flexibility index (Phi) is 50.9. The van der Waals surface area contributed by atoms with Crippen LogP contribution >= 0.6 is 0 Å². The molecule has 0 rings (SSSR count). The number of esters is 3. The highest BCUT2D eigenvalue weighted by atomic mass is 16.6. The standard InChI is InChI=1S/C59H102O6/c1-4-7-10-13-16-19-22-25-28-29-30-31-32-35-37-40-43-46-49-52-58(61)64-55-56(65-59(62)53-50-47-44-41-38-34-27-24-21-18-15-12-9-6-3)54-63-57(60)51-48-45-42-39-36-33-26-23-20-17-14-11-8-5-2/h7,10,16,19,24-25,27-28,30-31,35,37,56H,4-6,8-9,11-15,17-18,20-23,26,29,32-34,36,38-55H2,1-3H3/b10-7-,19-16-,27-24-,28-25-,31-30-,37-35-. The van der Waals surface area contributed by atoms with Crippen molar-refractivity contribution in [2.75, 3.05) is 13.2 Å². The van der Waals surface area contributed by atoms with E-state index in [1.54, 1.807) is 0 Å². The molecule has 0 saturated heterocycles. The smallest absolute Gasteiger partial charge is 0.306 e. The Labute approximate surface area is 402 Å². The van der Waals surface area contributed by atoms with Gasteiger partial charge in [-0.15, -0.1) is 0 Å². The fourth-order valence-electron chi connectivity index (χ4n) is 7.58.